The molecule has 1 saturated carbocycles. The summed E-state index contributed by atoms with van der Waals surface area (Å²) in [6.45, 7) is 2.86. The summed E-state index contributed by atoms with van der Waals surface area (Å²) in [6.07, 6.45) is 2.13. The second-order valence-corrected chi connectivity index (χ2v) is 6.24. The molecule has 0 aliphatic heterocycles. The number of anilines is 1. The van der Waals surface area contributed by atoms with Gasteiger partial charge in [-0.2, -0.15) is 0 Å². The number of H-pyrrole nitrogens is 1. The number of aromatic amines is 1. The van der Waals surface area contributed by atoms with Crippen LogP contribution in [0, 0.1) is 0 Å². The maximum Gasteiger partial charge on any atom is 0.344 e. The Kier molecular flexibility index (Phi) is 3.56. The summed E-state index contributed by atoms with van der Waals surface area (Å²) < 4.78 is 1.75. The minimum atomic E-state index is -0.115. The summed E-state index contributed by atoms with van der Waals surface area (Å²) in [6, 6.07) is 0.334. The largest absolute Gasteiger partial charge is 0.360 e. The zero-order chi connectivity index (χ0) is 13.2. The third kappa shape index (κ3) is 2.81. The zero-order valence-corrected chi connectivity index (χ0v) is 12.1. The number of rotatable bonds is 6. The lowest BCUT2D eigenvalue weighted by Gasteiger charge is -2.00. The molecule has 0 bridgehead atoms. The fourth-order valence-electron chi connectivity index (χ4n) is 1.71. The first-order valence-electron chi connectivity index (χ1n) is 6.14. The van der Waals surface area contributed by atoms with Gasteiger partial charge in [0.15, 0.2) is 5.16 Å². The van der Waals surface area contributed by atoms with Crippen LogP contribution < -0.4 is 11.0 Å². The molecule has 1 aliphatic rings. The van der Waals surface area contributed by atoms with Crippen LogP contribution in [0.4, 0.5) is 5.13 Å². The van der Waals surface area contributed by atoms with Gasteiger partial charge in [-0.3, -0.25) is 4.57 Å². The Morgan fingerprint density at radius 2 is 2.37 bits per heavy atom. The van der Waals surface area contributed by atoms with E-state index in [1.54, 1.807) is 4.57 Å². The minimum Gasteiger partial charge on any atom is -0.360 e. The molecule has 0 radical (unpaired) electrons. The van der Waals surface area contributed by atoms with Crippen molar-refractivity contribution in [3.63, 3.8) is 0 Å². The Hall–Kier alpha value is -1.35. The highest BCUT2D eigenvalue weighted by Crippen LogP contribution is 2.36. The van der Waals surface area contributed by atoms with Crippen LogP contribution in [0.3, 0.4) is 0 Å². The van der Waals surface area contributed by atoms with E-state index in [-0.39, 0.29) is 5.69 Å². The molecule has 2 aromatic heterocycles. The second-order valence-electron chi connectivity index (χ2n) is 4.23. The van der Waals surface area contributed by atoms with Crippen LogP contribution in [0.25, 0.3) is 0 Å². The highest BCUT2D eigenvalue weighted by Gasteiger charge is 2.28. The van der Waals surface area contributed by atoms with Crippen molar-refractivity contribution in [3.05, 3.63) is 15.5 Å². The van der Waals surface area contributed by atoms with E-state index in [2.05, 4.69) is 25.7 Å². The maximum absolute atomic E-state index is 11.6. The number of hydrogen-bond acceptors (Lipinski definition) is 7. The van der Waals surface area contributed by atoms with Crippen LogP contribution in [0.1, 0.15) is 30.8 Å². The molecule has 1 aliphatic carbocycles. The third-order valence-electron chi connectivity index (χ3n) is 2.70. The Bertz CT molecular complexity index is 614. The van der Waals surface area contributed by atoms with Crippen molar-refractivity contribution in [1.82, 2.24) is 25.0 Å². The van der Waals surface area contributed by atoms with Gasteiger partial charge in [0.05, 0.1) is 5.75 Å². The molecule has 0 aromatic carbocycles. The predicted molar refractivity (Wildman–Crippen MR) is 74.8 cm³/mol. The topological polar surface area (TPSA) is 88.5 Å². The molecule has 2 aromatic rings. The first-order valence-corrected chi connectivity index (χ1v) is 7.94. The molecule has 2 heterocycles. The lowest BCUT2D eigenvalue weighted by Crippen LogP contribution is -2.16. The molecule has 0 unspecified atom stereocenters. The van der Waals surface area contributed by atoms with E-state index >= 15 is 0 Å². The maximum atomic E-state index is 11.6. The minimum absolute atomic E-state index is 0.115. The molecule has 0 atom stereocenters. The number of aromatic nitrogens is 5. The van der Waals surface area contributed by atoms with E-state index < -0.39 is 0 Å². The lowest BCUT2D eigenvalue weighted by molar-refractivity contribution is 0.642. The molecule has 9 heteroatoms. The van der Waals surface area contributed by atoms with Crippen molar-refractivity contribution in [2.24, 2.45) is 0 Å². The average Bonchev–Trinajstić information content (AvgIpc) is 3.02. The summed E-state index contributed by atoms with van der Waals surface area (Å²) in [5.74, 6) is 0.681. The summed E-state index contributed by atoms with van der Waals surface area (Å²) in [7, 11) is 0. The van der Waals surface area contributed by atoms with Crippen molar-refractivity contribution in [2.45, 2.75) is 36.7 Å². The Labute approximate surface area is 117 Å². The zero-order valence-electron chi connectivity index (χ0n) is 10.4. The van der Waals surface area contributed by atoms with Crippen LogP contribution >= 0.6 is 23.1 Å². The van der Waals surface area contributed by atoms with Gasteiger partial charge in [-0.25, -0.2) is 9.89 Å². The van der Waals surface area contributed by atoms with Gasteiger partial charge in [0, 0.05) is 12.6 Å². The van der Waals surface area contributed by atoms with Crippen molar-refractivity contribution in [3.8, 4) is 0 Å². The van der Waals surface area contributed by atoms with Gasteiger partial charge in [-0.15, -0.1) is 15.3 Å². The van der Waals surface area contributed by atoms with E-state index in [9.17, 15) is 4.79 Å². The van der Waals surface area contributed by atoms with Crippen molar-refractivity contribution < 1.29 is 0 Å². The van der Waals surface area contributed by atoms with Crippen molar-refractivity contribution >= 4 is 28.2 Å². The Balaban J connectivity index is 1.66. The Morgan fingerprint density at radius 3 is 3.11 bits per heavy atom. The summed E-state index contributed by atoms with van der Waals surface area (Å²) in [5.41, 5.74) is -0.115. The first kappa shape index (κ1) is 12.7. The summed E-state index contributed by atoms with van der Waals surface area (Å²) >= 11 is 3.06. The lowest BCUT2D eigenvalue weighted by atomic mass is 10.7. The molecular weight excluding hydrogens is 284 g/mol. The molecule has 0 amide bonds. The van der Waals surface area contributed by atoms with E-state index in [0.29, 0.717) is 11.8 Å². The van der Waals surface area contributed by atoms with E-state index in [0.717, 1.165) is 34.7 Å². The van der Waals surface area contributed by atoms with Gasteiger partial charge in [-0.05, 0) is 19.8 Å². The molecular formula is C10H14N6OS2. The van der Waals surface area contributed by atoms with Gasteiger partial charge in [0.25, 0.3) is 0 Å². The SMILES string of the molecule is CCNc1nnc(CSc2n[nH]c(=O)n2C2CC2)s1. The van der Waals surface area contributed by atoms with Crippen molar-refractivity contribution in [1.29, 1.82) is 0 Å². The second kappa shape index (κ2) is 5.33. The van der Waals surface area contributed by atoms with Crippen LogP contribution in [0.5, 0.6) is 0 Å². The molecule has 2 N–H and O–H groups in total. The molecule has 1 fully saturated rings. The van der Waals surface area contributed by atoms with Gasteiger partial charge >= 0.3 is 5.69 Å². The summed E-state index contributed by atoms with van der Waals surface area (Å²) in [4.78, 5) is 11.6. The standard InChI is InChI=1S/C10H14N6OS2/c1-2-11-8-13-12-7(19-8)5-18-10-15-14-9(17)16(10)6-3-4-6/h6H,2-5H2,1H3,(H,11,13)(H,14,17). The van der Waals surface area contributed by atoms with E-state index in [4.69, 9.17) is 0 Å². The highest BCUT2D eigenvalue weighted by atomic mass is 32.2. The van der Waals surface area contributed by atoms with Crippen molar-refractivity contribution in [2.75, 3.05) is 11.9 Å². The van der Waals surface area contributed by atoms with E-state index in [1.165, 1.54) is 23.1 Å². The van der Waals surface area contributed by atoms with E-state index in [1.807, 2.05) is 6.92 Å². The molecule has 0 spiro atoms. The highest BCUT2D eigenvalue weighted by molar-refractivity contribution is 7.98. The predicted octanol–water partition coefficient (Wildman–Crippen LogP) is 1.48. The number of hydrogen-bond donors (Lipinski definition) is 2. The molecule has 7 nitrogen and oxygen atoms in total. The Morgan fingerprint density at radius 1 is 1.53 bits per heavy atom. The van der Waals surface area contributed by atoms with Gasteiger partial charge in [0.2, 0.25) is 5.13 Å². The monoisotopic (exact) mass is 298 g/mol. The fraction of sp³-hybridized carbons (Fsp3) is 0.600. The smallest absolute Gasteiger partial charge is 0.344 e. The summed E-state index contributed by atoms with van der Waals surface area (Å²) in [5, 5.41) is 20.4. The van der Waals surface area contributed by atoms with Crippen LogP contribution in [0.15, 0.2) is 9.95 Å². The number of thioether (sulfide) groups is 1. The molecule has 19 heavy (non-hydrogen) atoms. The third-order valence-corrected chi connectivity index (χ3v) is 4.73. The van der Waals surface area contributed by atoms with Gasteiger partial charge < -0.3 is 5.32 Å². The molecule has 3 rings (SSSR count). The van der Waals surface area contributed by atoms with Crippen LogP contribution in [-0.2, 0) is 5.75 Å². The van der Waals surface area contributed by atoms with Crippen LogP contribution in [-0.4, -0.2) is 31.5 Å². The number of nitrogens with one attached hydrogen (secondary N) is 2. The molecule has 102 valence electrons. The average molecular weight is 298 g/mol. The normalized spacial score (nSPS) is 14.8. The quantitative estimate of drug-likeness (QED) is 0.785. The van der Waals surface area contributed by atoms with Gasteiger partial charge in [-0.1, -0.05) is 23.1 Å². The van der Waals surface area contributed by atoms with Crippen LogP contribution in [0.2, 0.25) is 0 Å². The first-order chi connectivity index (χ1) is 9.28. The molecule has 0 saturated heterocycles. The fourth-order valence-corrected chi connectivity index (χ4v) is 3.51. The van der Waals surface area contributed by atoms with Gasteiger partial charge in [0.1, 0.15) is 5.01 Å². The number of nitrogens with zero attached hydrogens (tertiary/aromatic N) is 4.